The summed E-state index contributed by atoms with van der Waals surface area (Å²) in [7, 11) is 0. The molecular formula is C11H15N3O. The number of carbonyl (C=O) groups excluding carboxylic acids is 1. The lowest BCUT2D eigenvalue weighted by Gasteiger charge is -2.22. The Balaban J connectivity index is 2.29. The van der Waals surface area contributed by atoms with Gasteiger partial charge < -0.3 is 5.73 Å². The first-order valence-corrected chi connectivity index (χ1v) is 5.40. The molecule has 0 radical (unpaired) electrons. The van der Waals surface area contributed by atoms with E-state index in [9.17, 15) is 4.79 Å². The molecule has 80 valence electrons. The maximum Gasteiger partial charge on any atom is 0.269 e. The lowest BCUT2D eigenvalue weighted by Crippen LogP contribution is -2.19. The van der Waals surface area contributed by atoms with E-state index >= 15 is 0 Å². The van der Waals surface area contributed by atoms with Crippen LogP contribution >= 0.6 is 0 Å². The van der Waals surface area contributed by atoms with Gasteiger partial charge in [0, 0.05) is 6.20 Å². The second kappa shape index (κ2) is 4.38. The number of primary amides is 1. The van der Waals surface area contributed by atoms with Gasteiger partial charge in [-0.3, -0.25) is 4.79 Å². The van der Waals surface area contributed by atoms with Gasteiger partial charge in [-0.25, -0.2) is 0 Å². The Morgan fingerprint density at radius 1 is 1.33 bits per heavy atom. The van der Waals surface area contributed by atoms with Crippen LogP contribution < -0.4 is 5.73 Å². The molecule has 4 nitrogen and oxygen atoms in total. The number of aromatic nitrogens is 2. The predicted octanol–water partition coefficient (Wildman–Crippen LogP) is 1.62. The van der Waals surface area contributed by atoms with E-state index in [1.165, 1.54) is 19.3 Å². The number of rotatable bonds is 2. The summed E-state index contributed by atoms with van der Waals surface area (Å²) in [5, 5.41) is 7.54. The molecule has 1 saturated carbocycles. The molecule has 1 aliphatic rings. The largest absolute Gasteiger partial charge is 0.364 e. The van der Waals surface area contributed by atoms with Gasteiger partial charge >= 0.3 is 0 Å². The number of hydrogen-bond donors (Lipinski definition) is 1. The predicted molar refractivity (Wildman–Crippen MR) is 56.4 cm³/mol. The monoisotopic (exact) mass is 205 g/mol. The highest BCUT2D eigenvalue weighted by Gasteiger charge is 2.21. The Morgan fingerprint density at radius 2 is 2.07 bits per heavy atom. The topological polar surface area (TPSA) is 68.9 Å². The van der Waals surface area contributed by atoms with Gasteiger partial charge in [-0.05, 0) is 30.4 Å². The van der Waals surface area contributed by atoms with Crippen LogP contribution in [-0.2, 0) is 0 Å². The molecule has 2 N–H and O–H groups in total. The first-order chi connectivity index (χ1) is 7.29. The number of hydrogen-bond acceptors (Lipinski definition) is 3. The lowest BCUT2D eigenvalue weighted by molar-refractivity contribution is 0.0992. The first kappa shape index (κ1) is 10.1. The van der Waals surface area contributed by atoms with Gasteiger partial charge in [0.1, 0.15) is 0 Å². The van der Waals surface area contributed by atoms with Crippen molar-refractivity contribution in [3.63, 3.8) is 0 Å². The van der Waals surface area contributed by atoms with Crippen LogP contribution in [0.1, 0.15) is 54.1 Å². The Bertz CT molecular complexity index is 359. The van der Waals surface area contributed by atoms with Crippen LogP contribution in [0.25, 0.3) is 0 Å². The van der Waals surface area contributed by atoms with Crippen LogP contribution in [0, 0.1) is 0 Å². The van der Waals surface area contributed by atoms with E-state index in [-0.39, 0.29) is 0 Å². The third-order valence-corrected chi connectivity index (χ3v) is 3.03. The molecule has 0 bridgehead atoms. The number of nitrogens with two attached hydrogens (primary N) is 1. The van der Waals surface area contributed by atoms with Crippen molar-refractivity contribution in [1.29, 1.82) is 0 Å². The zero-order valence-corrected chi connectivity index (χ0v) is 8.65. The molecule has 0 aromatic carbocycles. The second-order valence-corrected chi connectivity index (χ2v) is 4.03. The van der Waals surface area contributed by atoms with Crippen molar-refractivity contribution in [2.24, 2.45) is 5.73 Å². The van der Waals surface area contributed by atoms with Gasteiger partial charge in [0.05, 0.1) is 0 Å². The SMILES string of the molecule is NC(=O)c1nnccc1C1CCCCC1. The smallest absolute Gasteiger partial charge is 0.269 e. The third-order valence-electron chi connectivity index (χ3n) is 3.03. The van der Waals surface area contributed by atoms with Crippen LogP contribution in [0.5, 0.6) is 0 Å². The molecule has 0 aliphatic heterocycles. The van der Waals surface area contributed by atoms with Crippen LogP contribution in [-0.4, -0.2) is 16.1 Å². The van der Waals surface area contributed by atoms with Crippen LogP contribution in [0.3, 0.4) is 0 Å². The molecule has 1 amide bonds. The molecule has 15 heavy (non-hydrogen) atoms. The summed E-state index contributed by atoms with van der Waals surface area (Å²) in [4.78, 5) is 11.2. The molecule has 1 heterocycles. The molecule has 0 atom stereocenters. The molecule has 0 unspecified atom stereocenters. The molecule has 1 aromatic rings. The fourth-order valence-corrected chi connectivity index (χ4v) is 2.28. The van der Waals surface area contributed by atoms with E-state index in [1.54, 1.807) is 6.20 Å². The van der Waals surface area contributed by atoms with Crippen molar-refractivity contribution in [1.82, 2.24) is 10.2 Å². The van der Waals surface area contributed by atoms with E-state index in [2.05, 4.69) is 10.2 Å². The van der Waals surface area contributed by atoms with Gasteiger partial charge in [-0.1, -0.05) is 19.3 Å². The molecule has 1 fully saturated rings. The highest BCUT2D eigenvalue weighted by atomic mass is 16.1. The second-order valence-electron chi connectivity index (χ2n) is 4.03. The highest BCUT2D eigenvalue weighted by Crippen LogP contribution is 2.33. The molecule has 0 saturated heterocycles. The van der Waals surface area contributed by atoms with Crippen molar-refractivity contribution < 1.29 is 4.79 Å². The molecular weight excluding hydrogens is 190 g/mol. The fraction of sp³-hybridized carbons (Fsp3) is 0.545. The minimum Gasteiger partial charge on any atom is -0.364 e. The van der Waals surface area contributed by atoms with Crippen molar-refractivity contribution in [2.75, 3.05) is 0 Å². The number of amides is 1. The maximum absolute atomic E-state index is 11.2. The van der Waals surface area contributed by atoms with Gasteiger partial charge in [-0.2, -0.15) is 5.10 Å². The Kier molecular flexibility index (Phi) is 2.94. The Labute approximate surface area is 88.9 Å². The minimum absolute atomic E-state index is 0.351. The van der Waals surface area contributed by atoms with Crippen LogP contribution in [0.2, 0.25) is 0 Å². The van der Waals surface area contributed by atoms with E-state index in [4.69, 9.17) is 5.73 Å². The van der Waals surface area contributed by atoms with E-state index < -0.39 is 5.91 Å². The van der Waals surface area contributed by atoms with Gasteiger partial charge in [0.25, 0.3) is 5.91 Å². The average molecular weight is 205 g/mol. The third kappa shape index (κ3) is 2.14. The van der Waals surface area contributed by atoms with Gasteiger partial charge in [-0.15, -0.1) is 5.10 Å². The standard InChI is InChI=1S/C11H15N3O/c12-11(15)10-9(6-7-13-14-10)8-4-2-1-3-5-8/h6-8H,1-5H2,(H2,12,15). The number of carbonyl (C=O) groups is 1. The molecule has 2 rings (SSSR count). The maximum atomic E-state index is 11.2. The Hall–Kier alpha value is -1.45. The summed E-state index contributed by atoms with van der Waals surface area (Å²) in [6.07, 6.45) is 7.64. The van der Waals surface area contributed by atoms with Crippen molar-refractivity contribution >= 4 is 5.91 Å². The van der Waals surface area contributed by atoms with Gasteiger partial charge in [0.15, 0.2) is 5.69 Å². The average Bonchev–Trinajstić information content (AvgIpc) is 2.30. The summed E-state index contributed by atoms with van der Waals surface area (Å²) >= 11 is 0. The highest BCUT2D eigenvalue weighted by molar-refractivity contribution is 5.92. The number of nitrogens with zero attached hydrogens (tertiary/aromatic N) is 2. The summed E-state index contributed by atoms with van der Waals surface area (Å²) in [6.45, 7) is 0. The van der Waals surface area contributed by atoms with E-state index in [0.717, 1.165) is 18.4 Å². The molecule has 1 aromatic heterocycles. The van der Waals surface area contributed by atoms with Crippen LogP contribution in [0.15, 0.2) is 12.3 Å². The first-order valence-electron chi connectivity index (χ1n) is 5.40. The zero-order chi connectivity index (χ0) is 10.7. The van der Waals surface area contributed by atoms with Crippen molar-refractivity contribution in [3.05, 3.63) is 23.5 Å². The summed E-state index contributed by atoms with van der Waals surface area (Å²) in [5.41, 5.74) is 6.61. The normalized spacial score (nSPS) is 17.6. The van der Waals surface area contributed by atoms with Gasteiger partial charge in [0.2, 0.25) is 0 Å². The van der Waals surface area contributed by atoms with Crippen molar-refractivity contribution in [3.8, 4) is 0 Å². The van der Waals surface area contributed by atoms with Crippen LogP contribution in [0.4, 0.5) is 0 Å². The minimum atomic E-state index is -0.469. The Morgan fingerprint density at radius 3 is 2.73 bits per heavy atom. The molecule has 0 spiro atoms. The van der Waals surface area contributed by atoms with Crippen molar-refractivity contribution in [2.45, 2.75) is 38.0 Å². The van der Waals surface area contributed by atoms with E-state index in [1.807, 2.05) is 6.07 Å². The lowest BCUT2D eigenvalue weighted by atomic mass is 9.83. The summed E-state index contributed by atoms with van der Waals surface area (Å²) < 4.78 is 0. The quantitative estimate of drug-likeness (QED) is 0.797. The molecule has 1 aliphatic carbocycles. The summed E-state index contributed by atoms with van der Waals surface area (Å²) in [6, 6.07) is 1.88. The van der Waals surface area contributed by atoms with E-state index in [0.29, 0.717) is 11.6 Å². The zero-order valence-electron chi connectivity index (χ0n) is 8.65. The summed E-state index contributed by atoms with van der Waals surface area (Å²) in [5.74, 6) is -0.0274. The fourth-order valence-electron chi connectivity index (χ4n) is 2.28. The molecule has 4 heteroatoms.